The third kappa shape index (κ3) is 2.87. The molecule has 1 saturated carbocycles. The Kier molecular flexibility index (Phi) is 3.84. The fraction of sp³-hybridized carbons (Fsp3) is 0.538. The highest BCUT2D eigenvalue weighted by Crippen LogP contribution is 2.27. The molecule has 0 bridgehead atoms. The van der Waals surface area contributed by atoms with E-state index in [2.05, 4.69) is 0 Å². The van der Waals surface area contributed by atoms with Crippen LogP contribution in [0.2, 0.25) is 0 Å². The molecule has 1 fully saturated rings. The molecule has 1 aromatic rings. The van der Waals surface area contributed by atoms with Crippen molar-refractivity contribution in [1.29, 1.82) is 0 Å². The lowest BCUT2D eigenvalue weighted by molar-refractivity contribution is 0.578. The highest BCUT2D eigenvalue weighted by molar-refractivity contribution is 7.91. The van der Waals surface area contributed by atoms with E-state index in [1.54, 1.807) is 0 Å². The van der Waals surface area contributed by atoms with E-state index in [0.29, 0.717) is 6.54 Å². The van der Waals surface area contributed by atoms with Crippen LogP contribution in [-0.2, 0) is 22.1 Å². The predicted molar refractivity (Wildman–Crippen MR) is 69.2 cm³/mol. The molecule has 1 aromatic carbocycles. The van der Waals surface area contributed by atoms with Gasteiger partial charge < -0.3 is 5.73 Å². The first-order valence-electron chi connectivity index (χ1n) is 6.12. The highest BCUT2D eigenvalue weighted by Gasteiger charge is 2.29. The number of hydrogen-bond donors (Lipinski definition) is 1. The maximum atomic E-state index is 12.2. The summed E-state index contributed by atoms with van der Waals surface area (Å²) in [6, 6.07) is 7.54. The fourth-order valence-electron chi connectivity index (χ4n) is 2.48. The standard InChI is InChI=1S/C13H19NO2S/c14-9-11-5-1-2-6-12(11)10-17(15,16)13-7-3-4-8-13/h1-2,5-6,13H,3-4,7-10,14H2. The van der Waals surface area contributed by atoms with Gasteiger partial charge in [0.25, 0.3) is 0 Å². The second kappa shape index (κ2) is 5.19. The van der Waals surface area contributed by atoms with Gasteiger partial charge in [0.1, 0.15) is 0 Å². The fourth-order valence-corrected chi connectivity index (χ4v) is 4.48. The van der Waals surface area contributed by atoms with Crippen LogP contribution >= 0.6 is 0 Å². The van der Waals surface area contributed by atoms with Gasteiger partial charge >= 0.3 is 0 Å². The van der Waals surface area contributed by atoms with E-state index in [1.807, 2.05) is 24.3 Å². The molecule has 2 rings (SSSR count). The summed E-state index contributed by atoms with van der Waals surface area (Å²) in [5, 5.41) is -0.131. The van der Waals surface area contributed by atoms with E-state index in [0.717, 1.165) is 36.8 Å². The number of hydrogen-bond acceptors (Lipinski definition) is 3. The first kappa shape index (κ1) is 12.6. The maximum absolute atomic E-state index is 12.2. The minimum Gasteiger partial charge on any atom is -0.326 e. The van der Waals surface area contributed by atoms with E-state index >= 15 is 0 Å². The molecule has 1 aliphatic carbocycles. The van der Waals surface area contributed by atoms with Crippen LogP contribution in [-0.4, -0.2) is 13.7 Å². The largest absolute Gasteiger partial charge is 0.326 e. The van der Waals surface area contributed by atoms with Crippen LogP contribution in [0, 0.1) is 0 Å². The van der Waals surface area contributed by atoms with Crippen LogP contribution in [0.25, 0.3) is 0 Å². The van der Waals surface area contributed by atoms with E-state index in [-0.39, 0.29) is 11.0 Å². The van der Waals surface area contributed by atoms with Crippen LogP contribution in [0.5, 0.6) is 0 Å². The molecule has 1 aliphatic rings. The molecular formula is C13H19NO2S. The molecule has 0 aromatic heterocycles. The zero-order chi connectivity index (χ0) is 12.3. The normalized spacial score (nSPS) is 17.5. The van der Waals surface area contributed by atoms with Crippen molar-refractivity contribution in [1.82, 2.24) is 0 Å². The molecule has 3 nitrogen and oxygen atoms in total. The van der Waals surface area contributed by atoms with Crippen molar-refractivity contribution in [3.05, 3.63) is 35.4 Å². The Labute approximate surface area is 103 Å². The van der Waals surface area contributed by atoms with Crippen molar-refractivity contribution >= 4 is 9.84 Å². The molecule has 0 unspecified atom stereocenters. The molecule has 94 valence electrons. The molecule has 0 heterocycles. The molecule has 4 heteroatoms. The summed E-state index contributed by atoms with van der Waals surface area (Å²) in [4.78, 5) is 0. The SMILES string of the molecule is NCc1ccccc1CS(=O)(=O)C1CCCC1. The zero-order valence-corrected chi connectivity index (χ0v) is 10.7. The molecule has 2 N–H and O–H groups in total. The lowest BCUT2D eigenvalue weighted by atomic mass is 10.1. The van der Waals surface area contributed by atoms with Gasteiger partial charge in [0.15, 0.2) is 9.84 Å². The number of nitrogens with two attached hydrogens (primary N) is 1. The zero-order valence-electron chi connectivity index (χ0n) is 9.93. The van der Waals surface area contributed by atoms with Gasteiger partial charge in [-0.1, -0.05) is 37.1 Å². The lowest BCUT2D eigenvalue weighted by Crippen LogP contribution is -2.20. The minimum atomic E-state index is -3.00. The number of benzene rings is 1. The summed E-state index contributed by atoms with van der Waals surface area (Å²) >= 11 is 0. The van der Waals surface area contributed by atoms with Crippen LogP contribution in [0.15, 0.2) is 24.3 Å². The maximum Gasteiger partial charge on any atom is 0.157 e. The van der Waals surface area contributed by atoms with Gasteiger partial charge in [-0.2, -0.15) is 0 Å². The highest BCUT2D eigenvalue weighted by atomic mass is 32.2. The van der Waals surface area contributed by atoms with Gasteiger partial charge in [0, 0.05) is 6.54 Å². The lowest BCUT2D eigenvalue weighted by Gasteiger charge is -2.13. The summed E-state index contributed by atoms with van der Waals surface area (Å²) in [5.74, 6) is 0.144. The first-order valence-corrected chi connectivity index (χ1v) is 7.83. The van der Waals surface area contributed by atoms with Crippen LogP contribution in [0.3, 0.4) is 0 Å². The van der Waals surface area contributed by atoms with Gasteiger partial charge in [-0.25, -0.2) is 8.42 Å². The summed E-state index contributed by atoms with van der Waals surface area (Å²) in [6.45, 7) is 0.399. The van der Waals surface area contributed by atoms with E-state index < -0.39 is 9.84 Å². The first-order chi connectivity index (χ1) is 8.13. The van der Waals surface area contributed by atoms with Gasteiger partial charge in [-0.3, -0.25) is 0 Å². The van der Waals surface area contributed by atoms with Crippen molar-refractivity contribution in [2.75, 3.05) is 0 Å². The van der Waals surface area contributed by atoms with Crippen molar-refractivity contribution in [2.24, 2.45) is 5.73 Å². The number of sulfone groups is 1. The van der Waals surface area contributed by atoms with E-state index in [9.17, 15) is 8.42 Å². The molecule has 17 heavy (non-hydrogen) atoms. The van der Waals surface area contributed by atoms with Gasteiger partial charge in [-0.15, -0.1) is 0 Å². The van der Waals surface area contributed by atoms with E-state index in [1.165, 1.54) is 0 Å². The third-order valence-electron chi connectivity index (χ3n) is 3.51. The average molecular weight is 253 g/mol. The monoisotopic (exact) mass is 253 g/mol. The van der Waals surface area contributed by atoms with Crippen molar-refractivity contribution in [2.45, 2.75) is 43.2 Å². The van der Waals surface area contributed by atoms with E-state index in [4.69, 9.17) is 5.73 Å². The minimum absolute atomic E-state index is 0.131. The molecule has 0 atom stereocenters. The Morgan fingerprint density at radius 1 is 1.12 bits per heavy atom. The van der Waals surface area contributed by atoms with Gasteiger partial charge in [-0.05, 0) is 24.0 Å². The molecule has 0 spiro atoms. The Morgan fingerprint density at radius 2 is 1.71 bits per heavy atom. The van der Waals surface area contributed by atoms with Crippen LogP contribution in [0.4, 0.5) is 0 Å². The quantitative estimate of drug-likeness (QED) is 0.893. The Balaban J connectivity index is 2.19. The molecule has 0 aliphatic heterocycles. The molecular weight excluding hydrogens is 234 g/mol. The summed E-state index contributed by atoms with van der Waals surface area (Å²) in [7, 11) is -3.00. The smallest absolute Gasteiger partial charge is 0.157 e. The molecule has 0 saturated heterocycles. The van der Waals surface area contributed by atoms with Crippen LogP contribution < -0.4 is 5.73 Å². The van der Waals surface area contributed by atoms with Gasteiger partial charge in [0.2, 0.25) is 0 Å². The Bertz CT molecular complexity index is 476. The van der Waals surface area contributed by atoms with Crippen molar-refractivity contribution in [3.63, 3.8) is 0 Å². The molecule has 0 amide bonds. The topological polar surface area (TPSA) is 60.2 Å². The summed E-state index contributed by atoms with van der Waals surface area (Å²) < 4.78 is 24.5. The molecule has 0 radical (unpaired) electrons. The Hall–Kier alpha value is -0.870. The summed E-state index contributed by atoms with van der Waals surface area (Å²) in [6.07, 6.45) is 3.74. The van der Waals surface area contributed by atoms with Crippen molar-refractivity contribution in [3.8, 4) is 0 Å². The second-order valence-electron chi connectivity index (χ2n) is 4.69. The van der Waals surface area contributed by atoms with Crippen molar-refractivity contribution < 1.29 is 8.42 Å². The van der Waals surface area contributed by atoms with Gasteiger partial charge in [0.05, 0.1) is 11.0 Å². The second-order valence-corrected chi connectivity index (χ2v) is 6.97. The number of rotatable bonds is 4. The predicted octanol–water partition coefficient (Wildman–Crippen LogP) is 2.00. The third-order valence-corrected chi connectivity index (χ3v) is 5.71. The average Bonchev–Trinajstić information content (AvgIpc) is 2.83. The summed E-state index contributed by atoms with van der Waals surface area (Å²) in [5.41, 5.74) is 7.43. The Morgan fingerprint density at radius 3 is 2.29 bits per heavy atom. The van der Waals surface area contributed by atoms with Crippen LogP contribution in [0.1, 0.15) is 36.8 Å².